The summed E-state index contributed by atoms with van der Waals surface area (Å²) in [6.07, 6.45) is 0.942. The Balaban J connectivity index is 1.84. The fourth-order valence-corrected chi connectivity index (χ4v) is 2.75. The highest BCUT2D eigenvalue weighted by Gasteiger charge is 2.19. The van der Waals surface area contributed by atoms with E-state index in [1.807, 2.05) is 13.0 Å². The van der Waals surface area contributed by atoms with Gasteiger partial charge in [-0.25, -0.2) is 4.98 Å². The number of nitrogens with zero attached hydrogens (tertiary/aromatic N) is 3. The molecule has 2 N–H and O–H groups in total. The van der Waals surface area contributed by atoms with Crippen LogP contribution in [0.3, 0.4) is 0 Å². The number of fused-ring (bicyclic) bond motifs is 1. The smallest absolute Gasteiger partial charge is 0.223 e. The Bertz CT molecular complexity index is 642. The van der Waals surface area contributed by atoms with E-state index in [0.29, 0.717) is 11.8 Å². The summed E-state index contributed by atoms with van der Waals surface area (Å²) in [7, 11) is 0. The molecule has 1 aliphatic rings. The average Bonchev–Trinajstić information content (AvgIpc) is 2.46. The van der Waals surface area contributed by atoms with Crippen molar-refractivity contribution in [1.29, 1.82) is 0 Å². The van der Waals surface area contributed by atoms with Crippen LogP contribution in [0, 0.1) is 0 Å². The second-order valence-corrected chi connectivity index (χ2v) is 5.33. The number of rotatable bonds is 3. The standard InChI is InChI=1S/C15H17ClN4O/c1-2-21-12-4-3-11-9-20(6-5-10(11)7-12)14-8-13(16)18-15(17)19-14/h3-4,7-8H,2,5-6,9H2,1H3,(H2,17,18,19). The first-order valence-electron chi connectivity index (χ1n) is 6.95. The molecule has 0 saturated heterocycles. The van der Waals surface area contributed by atoms with Gasteiger partial charge in [0.25, 0.3) is 0 Å². The summed E-state index contributed by atoms with van der Waals surface area (Å²) in [6.45, 7) is 4.33. The molecule has 2 aromatic rings. The molecule has 0 amide bonds. The van der Waals surface area contributed by atoms with E-state index in [0.717, 1.165) is 31.1 Å². The van der Waals surface area contributed by atoms with Gasteiger partial charge in [0.05, 0.1) is 6.61 Å². The lowest BCUT2D eigenvalue weighted by Crippen LogP contribution is -2.31. The first-order chi connectivity index (χ1) is 10.2. The quantitative estimate of drug-likeness (QED) is 0.883. The van der Waals surface area contributed by atoms with E-state index in [4.69, 9.17) is 22.1 Å². The maximum absolute atomic E-state index is 5.95. The Morgan fingerprint density at radius 1 is 1.29 bits per heavy atom. The molecule has 2 heterocycles. The summed E-state index contributed by atoms with van der Waals surface area (Å²) in [5.41, 5.74) is 8.26. The predicted octanol–water partition coefficient (Wildman–Crippen LogP) is 2.67. The SMILES string of the molecule is CCOc1ccc2c(c1)CCN(c1cc(Cl)nc(N)n1)C2. The summed E-state index contributed by atoms with van der Waals surface area (Å²) in [5.74, 6) is 1.90. The summed E-state index contributed by atoms with van der Waals surface area (Å²) < 4.78 is 5.55. The second-order valence-electron chi connectivity index (χ2n) is 4.94. The fraction of sp³-hybridized carbons (Fsp3) is 0.333. The van der Waals surface area contributed by atoms with Gasteiger partial charge in [0.1, 0.15) is 16.7 Å². The molecule has 0 saturated carbocycles. The highest BCUT2D eigenvalue weighted by molar-refractivity contribution is 6.29. The second kappa shape index (κ2) is 5.77. The van der Waals surface area contributed by atoms with Crippen LogP contribution in [0.1, 0.15) is 18.1 Å². The zero-order valence-corrected chi connectivity index (χ0v) is 12.6. The molecule has 21 heavy (non-hydrogen) atoms. The third-order valence-electron chi connectivity index (χ3n) is 3.52. The van der Waals surface area contributed by atoms with Crippen molar-refractivity contribution in [3.05, 3.63) is 40.5 Å². The Morgan fingerprint density at radius 3 is 2.90 bits per heavy atom. The zero-order valence-electron chi connectivity index (χ0n) is 11.8. The van der Waals surface area contributed by atoms with Crippen molar-refractivity contribution in [2.24, 2.45) is 0 Å². The molecule has 0 fully saturated rings. The molecule has 5 nitrogen and oxygen atoms in total. The molecule has 0 aliphatic carbocycles. The minimum atomic E-state index is 0.204. The maximum atomic E-state index is 5.95. The van der Waals surface area contributed by atoms with E-state index >= 15 is 0 Å². The van der Waals surface area contributed by atoms with E-state index in [1.165, 1.54) is 11.1 Å². The Labute approximate surface area is 128 Å². The minimum absolute atomic E-state index is 0.204. The molecule has 0 atom stereocenters. The molecule has 110 valence electrons. The highest BCUT2D eigenvalue weighted by Crippen LogP contribution is 2.27. The van der Waals surface area contributed by atoms with Gasteiger partial charge in [0.2, 0.25) is 5.95 Å². The molecule has 1 aromatic carbocycles. The van der Waals surface area contributed by atoms with E-state index in [1.54, 1.807) is 6.07 Å². The van der Waals surface area contributed by atoms with Gasteiger partial charge >= 0.3 is 0 Å². The number of aromatic nitrogens is 2. The number of halogens is 1. The van der Waals surface area contributed by atoms with Crippen molar-refractivity contribution in [2.75, 3.05) is 23.8 Å². The number of hydrogen-bond donors (Lipinski definition) is 1. The van der Waals surface area contributed by atoms with Crippen molar-refractivity contribution in [2.45, 2.75) is 19.9 Å². The molecular weight excluding hydrogens is 288 g/mol. The van der Waals surface area contributed by atoms with Gasteiger partial charge < -0.3 is 15.4 Å². The fourth-order valence-electron chi connectivity index (χ4n) is 2.57. The lowest BCUT2D eigenvalue weighted by Gasteiger charge is -2.30. The van der Waals surface area contributed by atoms with E-state index < -0.39 is 0 Å². The number of nitrogen functional groups attached to an aromatic ring is 1. The molecule has 0 spiro atoms. The number of hydrogen-bond acceptors (Lipinski definition) is 5. The molecule has 0 radical (unpaired) electrons. The largest absolute Gasteiger partial charge is 0.494 e. The highest BCUT2D eigenvalue weighted by atomic mass is 35.5. The van der Waals surface area contributed by atoms with Gasteiger partial charge in [-0.2, -0.15) is 4.98 Å². The van der Waals surface area contributed by atoms with Gasteiger partial charge in [0.15, 0.2) is 0 Å². The van der Waals surface area contributed by atoms with Crippen molar-refractivity contribution in [1.82, 2.24) is 9.97 Å². The van der Waals surface area contributed by atoms with Crippen LogP contribution in [0.2, 0.25) is 5.15 Å². The monoisotopic (exact) mass is 304 g/mol. The molecule has 0 unspecified atom stereocenters. The maximum Gasteiger partial charge on any atom is 0.223 e. The van der Waals surface area contributed by atoms with Crippen molar-refractivity contribution in [3.63, 3.8) is 0 Å². The van der Waals surface area contributed by atoms with Crippen LogP contribution in [0.5, 0.6) is 5.75 Å². The average molecular weight is 305 g/mol. The third-order valence-corrected chi connectivity index (χ3v) is 3.72. The first kappa shape index (κ1) is 13.9. The van der Waals surface area contributed by atoms with Crippen LogP contribution in [-0.2, 0) is 13.0 Å². The van der Waals surface area contributed by atoms with Gasteiger partial charge in [-0.3, -0.25) is 0 Å². The molecule has 0 bridgehead atoms. The molecule has 6 heteroatoms. The van der Waals surface area contributed by atoms with E-state index in [9.17, 15) is 0 Å². The predicted molar refractivity (Wildman–Crippen MR) is 83.8 cm³/mol. The number of ether oxygens (including phenoxy) is 1. The van der Waals surface area contributed by atoms with Crippen molar-refractivity contribution >= 4 is 23.4 Å². The normalized spacial score (nSPS) is 13.9. The van der Waals surface area contributed by atoms with Gasteiger partial charge in [-0.15, -0.1) is 0 Å². The molecular formula is C15H17ClN4O. The first-order valence-corrected chi connectivity index (χ1v) is 7.33. The summed E-state index contributed by atoms with van der Waals surface area (Å²) >= 11 is 5.95. The summed E-state index contributed by atoms with van der Waals surface area (Å²) in [5, 5.41) is 0.370. The lowest BCUT2D eigenvalue weighted by atomic mass is 9.99. The number of anilines is 2. The molecule has 1 aromatic heterocycles. The summed E-state index contributed by atoms with van der Waals surface area (Å²) in [4.78, 5) is 10.3. The van der Waals surface area contributed by atoms with Crippen molar-refractivity contribution in [3.8, 4) is 5.75 Å². The van der Waals surface area contributed by atoms with Crippen LogP contribution in [0.25, 0.3) is 0 Å². The van der Waals surface area contributed by atoms with Crippen LogP contribution in [-0.4, -0.2) is 23.1 Å². The Kier molecular flexibility index (Phi) is 3.84. The van der Waals surface area contributed by atoms with Crippen molar-refractivity contribution < 1.29 is 4.74 Å². The van der Waals surface area contributed by atoms with Crippen LogP contribution in [0.4, 0.5) is 11.8 Å². The van der Waals surface area contributed by atoms with Gasteiger partial charge in [-0.1, -0.05) is 17.7 Å². The topological polar surface area (TPSA) is 64.3 Å². The summed E-state index contributed by atoms with van der Waals surface area (Å²) in [6, 6.07) is 7.99. The van der Waals surface area contributed by atoms with Crippen LogP contribution in [0.15, 0.2) is 24.3 Å². The van der Waals surface area contributed by atoms with E-state index in [-0.39, 0.29) is 5.95 Å². The Morgan fingerprint density at radius 2 is 2.14 bits per heavy atom. The lowest BCUT2D eigenvalue weighted by molar-refractivity contribution is 0.339. The molecule has 3 rings (SSSR count). The minimum Gasteiger partial charge on any atom is -0.494 e. The van der Waals surface area contributed by atoms with Crippen LogP contribution < -0.4 is 15.4 Å². The van der Waals surface area contributed by atoms with Crippen LogP contribution >= 0.6 is 11.6 Å². The number of nitrogens with two attached hydrogens (primary N) is 1. The van der Waals surface area contributed by atoms with Gasteiger partial charge in [0, 0.05) is 19.2 Å². The zero-order chi connectivity index (χ0) is 14.8. The van der Waals surface area contributed by atoms with Gasteiger partial charge in [-0.05, 0) is 36.6 Å². The Hall–Kier alpha value is -2.01. The number of benzene rings is 1. The molecule has 1 aliphatic heterocycles. The third kappa shape index (κ3) is 3.03. The van der Waals surface area contributed by atoms with E-state index in [2.05, 4.69) is 27.0 Å².